The van der Waals surface area contributed by atoms with Crippen LogP contribution < -0.4 is 34.5 Å². The number of hydrogen-bond acceptors (Lipinski definition) is 5. The number of hydrogen-bond donors (Lipinski definition) is 0. The molecule has 0 spiro atoms. The van der Waals surface area contributed by atoms with Crippen molar-refractivity contribution in [3.63, 3.8) is 0 Å². The van der Waals surface area contributed by atoms with Gasteiger partial charge in [0.1, 0.15) is 0 Å². The fourth-order valence-electron chi connectivity index (χ4n) is 0.186. The summed E-state index contributed by atoms with van der Waals surface area (Å²) in [7, 11) is -3.23. The van der Waals surface area contributed by atoms with Crippen molar-refractivity contribution in [1.29, 1.82) is 0 Å². The van der Waals surface area contributed by atoms with Crippen molar-refractivity contribution in [3.05, 3.63) is 0 Å². The molecule has 0 saturated carbocycles. The van der Waals surface area contributed by atoms with Crippen LogP contribution in [0.3, 0.4) is 0 Å². The minimum Gasteiger partial charge on any atom is -0.772 e. The van der Waals surface area contributed by atoms with Crippen LogP contribution in [0.2, 0.25) is 0 Å². The van der Waals surface area contributed by atoms with E-state index in [9.17, 15) is 14.3 Å². The monoisotopic (exact) mass is 192 g/mol. The SMILES string of the molecule is COP(=O)([O-])C(=O)SC.[Na+]. The number of rotatable bonds is 2. The molecule has 0 aliphatic carbocycles. The van der Waals surface area contributed by atoms with E-state index >= 15 is 0 Å². The van der Waals surface area contributed by atoms with E-state index in [0.29, 0.717) is 11.8 Å². The van der Waals surface area contributed by atoms with E-state index in [0.717, 1.165) is 7.11 Å². The van der Waals surface area contributed by atoms with Gasteiger partial charge in [0.05, 0.1) is 0 Å². The minimum atomic E-state index is -4.19. The predicted octanol–water partition coefficient (Wildman–Crippen LogP) is -2.33. The van der Waals surface area contributed by atoms with E-state index in [-0.39, 0.29) is 29.6 Å². The average molecular weight is 192 g/mol. The Morgan fingerprint density at radius 2 is 2.10 bits per heavy atom. The smallest absolute Gasteiger partial charge is 0.772 e. The van der Waals surface area contributed by atoms with Gasteiger partial charge >= 0.3 is 29.6 Å². The molecule has 4 nitrogen and oxygen atoms in total. The van der Waals surface area contributed by atoms with Crippen molar-refractivity contribution in [2.45, 2.75) is 0 Å². The van der Waals surface area contributed by atoms with Gasteiger partial charge in [0, 0.05) is 7.11 Å². The van der Waals surface area contributed by atoms with Crippen molar-refractivity contribution in [2.75, 3.05) is 13.4 Å². The van der Waals surface area contributed by atoms with Crippen LogP contribution >= 0.6 is 19.4 Å². The molecule has 0 rings (SSSR count). The molecule has 0 amide bonds. The van der Waals surface area contributed by atoms with Crippen molar-refractivity contribution in [3.8, 4) is 0 Å². The van der Waals surface area contributed by atoms with Crippen LogP contribution in [0.5, 0.6) is 0 Å². The van der Waals surface area contributed by atoms with Crippen LogP contribution in [0.4, 0.5) is 4.79 Å². The van der Waals surface area contributed by atoms with E-state index in [1.165, 1.54) is 6.26 Å². The third-order valence-electron chi connectivity index (χ3n) is 0.639. The molecule has 1 unspecified atom stereocenters. The maximum absolute atomic E-state index is 10.4. The molecular formula is C3H6NaO4PS. The second-order valence-corrected chi connectivity index (χ2v) is 4.00. The van der Waals surface area contributed by atoms with Crippen molar-refractivity contribution >= 4 is 24.2 Å². The summed E-state index contributed by atoms with van der Waals surface area (Å²) in [6.07, 6.45) is 1.38. The molecule has 10 heavy (non-hydrogen) atoms. The van der Waals surface area contributed by atoms with Crippen molar-refractivity contribution in [2.24, 2.45) is 0 Å². The van der Waals surface area contributed by atoms with Gasteiger partial charge in [-0.2, -0.15) is 0 Å². The normalized spacial score (nSPS) is 15.1. The Morgan fingerprint density at radius 1 is 1.70 bits per heavy atom. The number of thioether (sulfide) groups is 1. The van der Waals surface area contributed by atoms with Crippen LogP contribution in [0.1, 0.15) is 0 Å². The summed E-state index contributed by atoms with van der Waals surface area (Å²) in [5.74, 6) is 0. The molecule has 0 N–H and O–H groups in total. The Hall–Kier alpha value is 1.17. The summed E-state index contributed by atoms with van der Waals surface area (Å²) in [6.45, 7) is 0. The maximum atomic E-state index is 10.4. The van der Waals surface area contributed by atoms with Crippen LogP contribution in [-0.4, -0.2) is 18.2 Å². The van der Waals surface area contributed by atoms with E-state index in [2.05, 4.69) is 4.52 Å². The van der Waals surface area contributed by atoms with Crippen LogP contribution in [0.15, 0.2) is 0 Å². The first-order chi connectivity index (χ1) is 4.04. The van der Waals surface area contributed by atoms with Gasteiger partial charge in [0.25, 0.3) is 4.86 Å². The van der Waals surface area contributed by atoms with Gasteiger partial charge in [-0.3, -0.25) is 9.36 Å². The van der Waals surface area contributed by atoms with E-state index < -0.39 is 12.5 Å². The number of carbonyl (C=O) groups is 1. The Labute approximate surface area is 85.5 Å². The fraction of sp³-hybridized carbons (Fsp3) is 0.667. The zero-order chi connectivity index (χ0) is 7.49. The molecule has 0 bridgehead atoms. The van der Waals surface area contributed by atoms with E-state index in [1.807, 2.05) is 0 Å². The summed E-state index contributed by atoms with van der Waals surface area (Å²) in [4.78, 5) is 19.8. The second-order valence-electron chi connectivity index (χ2n) is 1.15. The molecule has 0 fully saturated rings. The predicted molar refractivity (Wildman–Crippen MR) is 33.5 cm³/mol. The van der Waals surface area contributed by atoms with Gasteiger partial charge in [0.2, 0.25) is 7.60 Å². The third kappa shape index (κ3) is 4.13. The third-order valence-corrected chi connectivity index (χ3v) is 3.13. The van der Waals surface area contributed by atoms with Crippen molar-refractivity contribution < 1.29 is 48.3 Å². The summed E-state index contributed by atoms with van der Waals surface area (Å²) in [5, 5.41) is 0. The Morgan fingerprint density at radius 3 is 2.20 bits per heavy atom. The first kappa shape index (κ1) is 13.7. The zero-order valence-electron chi connectivity index (χ0n) is 5.99. The molecule has 0 aromatic heterocycles. The fourth-order valence-corrected chi connectivity index (χ4v) is 1.45. The van der Waals surface area contributed by atoms with Gasteiger partial charge < -0.3 is 9.42 Å². The van der Waals surface area contributed by atoms with Gasteiger partial charge in [-0.25, -0.2) is 0 Å². The largest absolute Gasteiger partial charge is 1.00 e. The second kappa shape index (κ2) is 5.77. The Balaban J connectivity index is 0. The minimum absolute atomic E-state index is 0. The quantitative estimate of drug-likeness (QED) is 0.362. The molecule has 0 radical (unpaired) electrons. The van der Waals surface area contributed by atoms with Gasteiger partial charge in [-0.1, -0.05) is 11.8 Å². The molecular weight excluding hydrogens is 186 g/mol. The standard InChI is InChI=1S/C3H7O4PS.Na/c1-7-8(5,6)3(4)9-2;/h1-2H3,(H,5,6);/q;+1/p-1. The molecule has 54 valence electrons. The molecule has 0 aromatic rings. The van der Waals surface area contributed by atoms with Gasteiger partial charge in [-0.15, -0.1) is 0 Å². The van der Waals surface area contributed by atoms with Crippen LogP contribution in [0.25, 0.3) is 0 Å². The first-order valence-electron chi connectivity index (χ1n) is 2.00. The molecule has 0 aliphatic heterocycles. The number of carbonyl (C=O) groups excluding carboxylic acids is 1. The Bertz CT molecular complexity index is 161. The molecule has 0 aromatic carbocycles. The summed E-state index contributed by atoms with van der Waals surface area (Å²) < 4.78 is 14.3. The Kier molecular flexibility index (Phi) is 7.93. The molecule has 0 heterocycles. The summed E-state index contributed by atoms with van der Waals surface area (Å²) >= 11 is 0.617. The first-order valence-corrected chi connectivity index (χ1v) is 4.76. The van der Waals surface area contributed by atoms with Crippen molar-refractivity contribution in [1.82, 2.24) is 0 Å². The molecule has 1 atom stereocenters. The van der Waals surface area contributed by atoms with Crippen LogP contribution in [0, 0.1) is 0 Å². The van der Waals surface area contributed by atoms with E-state index in [1.54, 1.807) is 0 Å². The van der Waals surface area contributed by atoms with E-state index in [4.69, 9.17) is 0 Å². The molecule has 7 heteroatoms. The molecule has 0 saturated heterocycles. The topological polar surface area (TPSA) is 66.4 Å². The van der Waals surface area contributed by atoms with Crippen LogP contribution in [-0.2, 0) is 9.09 Å². The maximum Gasteiger partial charge on any atom is 1.00 e. The van der Waals surface area contributed by atoms with Gasteiger partial charge in [0.15, 0.2) is 0 Å². The summed E-state index contributed by atoms with van der Waals surface area (Å²) in [5.41, 5.74) is 0. The zero-order valence-corrected chi connectivity index (χ0v) is 9.70. The summed E-state index contributed by atoms with van der Waals surface area (Å²) in [6, 6.07) is 0. The van der Waals surface area contributed by atoms with Gasteiger partial charge in [-0.05, 0) is 6.26 Å². The molecule has 0 aliphatic rings. The average Bonchev–Trinajstić information content (AvgIpc) is 1.86.